The number of benzene rings is 2. The number of carbonyl (C=O) groups excluding carboxylic acids is 1. The van der Waals surface area contributed by atoms with Crippen LogP contribution in [0.5, 0.6) is 11.5 Å². The van der Waals surface area contributed by atoms with Crippen LogP contribution in [0.4, 0.5) is 10.1 Å². The van der Waals surface area contributed by atoms with Gasteiger partial charge in [0, 0.05) is 34.6 Å². The average molecular weight is 401 g/mol. The number of fused-ring (bicyclic) bond motifs is 1. The Hall–Kier alpha value is -3.32. The van der Waals surface area contributed by atoms with Crippen molar-refractivity contribution in [3.05, 3.63) is 87.0 Å². The van der Waals surface area contributed by atoms with Gasteiger partial charge in [-0.3, -0.25) is 9.59 Å². The van der Waals surface area contributed by atoms with Crippen molar-refractivity contribution in [1.82, 2.24) is 4.57 Å². The molecule has 6 nitrogen and oxygen atoms in total. The van der Waals surface area contributed by atoms with Crippen LogP contribution in [0.15, 0.2) is 59.5 Å². The quantitative estimate of drug-likeness (QED) is 0.725. The largest absolute Gasteiger partial charge is 0.454 e. The summed E-state index contributed by atoms with van der Waals surface area (Å²) in [5.41, 5.74) is 0.562. The van der Waals surface area contributed by atoms with Crippen LogP contribution in [-0.2, 0) is 6.54 Å². The maximum Gasteiger partial charge on any atom is 0.257 e. The summed E-state index contributed by atoms with van der Waals surface area (Å²) in [4.78, 5) is 24.7. The lowest BCUT2D eigenvalue weighted by atomic mass is 10.2. The van der Waals surface area contributed by atoms with Crippen molar-refractivity contribution >= 4 is 23.2 Å². The fourth-order valence-electron chi connectivity index (χ4n) is 2.82. The van der Waals surface area contributed by atoms with Crippen LogP contribution >= 0.6 is 11.6 Å². The van der Waals surface area contributed by atoms with E-state index in [1.54, 1.807) is 24.3 Å². The molecule has 3 aromatic rings. The molecular weight excluding hydrogens is 387 g/mol. The number of amides is 1. The Bertz CT molecular complexity index is 1110. The van der Waals surface area contributed by atoms with Gasteiger partial charge in [-0.15, -0.1) is 0 Å². The Morgan fingerprint density at radius 2 is 1.96 bits per heavy atom. The van der Waals surface area contributed by atoms with Gasteiger partial charge in [-0.05, 0) is 30.3 Å². The fraction of sp³-hybridized carbons (Fsp3) is 0.100. The van der Waals surface area contributed by atoms with E-state index in [4.69, 9.17) is 21.1 Å². The van der Waals surface area contributed by atoms with Gasteiger partial charge in [-0.2, -0.15) is 0 Å². The van der Waals surface area contributed by atoms with E-state index in [0.717, 1.165) is 0 Å². The summed E-state index contributed by atoms with van der Waals surface area (Å²) in [5, 5.41) is 2.94. The van der Waals surface area contributed by atoms with Crippen molar-refractivity contribution in [2.75, 3.05) is 12.1 Å². The molecule has 0 atom stereocenters. The number of rotatable bonds is 4. The predicted molar refractivity (Wildman–Crippen MR) is 102 cm³/mol. The number of nitrogens with one attached hydrogen (secondary N) is 1. The highest BCUT2D eigenvalue weighted by Crippen LogP contribution is 2.34. The molecule has 0 saturated carbocycles. The average Bonchev–Trinajstić information content (AvgIpc) is 3.14. The third-order valence-electron chi connectivity index (χ3n) is 4.27. The normalized spacial score (nSPS) is 12.1. The van der Waals surface area contributed by atoms with Gasteiger partial charge in [0.25, 0.3) is 11.5 Å². The lowest BCUT2D eigenvalue weighted by Crippen LogP contribution is -2.23. The van der Waals surface area contributed by atoms with E-state index in [1.807, 2.05) is 0 Å². The van der Waals surface area contributed by atoms with Crippen molar-refractivity contribution < 1.29 is 18.7 Å². The number of hydrogen-bond donors (Lipinski definition) is 1. The van der Waals surface area contributed by atoms with Gasteiger partial charge < -0.3 is 19.4 Å². The topological polar surface area (TPSA) is 69.6 Å². The standard InChI is InChI=1S/C20H14ClFN2O4/c21-15-2-1-3-16(22)14(15)10-24-9-12(4-7-19(24)25)20(26)23-13-5-6-17-18(8-13)28-11-27-17/h1-9H,10-11H2,(H,23,26). The van der Waals surface area contributed by atoms with Crippen LogP contribution in [0.3, 0.4) is 0 Å². The van der Waals surface area contributed by atoms with E-state index >= 15 is 0 Å². The molecule has 0 aliphatic carbocycles. The maximum absolute atomic E-state index is 14.0. The molecular formula is C20H14ClFN2O4. The molecule has 8 heteroatoms. The SMILES string of the molecule is O=C(Nc1ccc2c(c1)OCO2)c1ccc(=O)n(Cc2c(F)cccc2Cl)c1. The molecule has 4 rings (SSSR count). The molecule has 0 saturated heterocycles. The van der Waals surface area contributed by atoms with Crippen LogP contribution in [-0.4, -0.2) is 17.3 Å². The molecule has 0 radical (unpaired) electrons. The Balaban J connectivity index is 1.58. The maximum atomic E-state index is 14.0. The van der Waals surface area contributed by atoms with Gasteiger partial charge >= 0.3 is 0 Å². The first-order chi connectivity index (χ1) is 13.5. The summed E-state index contributed by atoms with van der Waals surface area (Å²) < 4.78 is 25.8. The molecule has 0 bridgehead atoms. The zero-order chi connectivity index (χ0) is 19.7. The van der Waals surface area contributed by atoms with E-state index in [0.29, 0.717) is 17.2 Å². The molecule has 2 aromatic carbocycles. The number of anilines is 1. The van der Waals surface area contributed by atoms with Crippen molar-refractivity contribution in [2.24, 2.45) is 0 Å². The van der Waals surface area contributed by atoms with Crippen LogP contribution in [0.1, 0.15) is 15.9 Å². The second-order valence-electron chi connectivity index (χ2n) is 6.11. The number of pyridine rings is 1. The molecule has 1 N–H and O–H groups in total. The van der Waals surface area contributed by atoms with Crippen molar-refractivity contribution in [1.29, 1.82) is 0 Å². The van der Waals surface area contributed by atoms with E-state index in [2.05, 4.69) is 5.32 Å². The number of ether oxygens (including phenoxy) is 2. The summed E-state index contributed by atoms with van der Waals surface area (Å²) in [7, 11) is 0. The molecule has 1 aliphatic heterocycles. The van der Waals surface area contributed by atoms with Crippen LogP contribution in [0.2, 0.25) is 5.02 Å². The third kappa shape index (κ3) is 3.57. The smallest absolute Gasteiger partial charge is 0.257 e. The number of hydrogen-bond acceptors (Lipinski definition) is 4. The van der Waals surface area contributed by atoms with Crippen molar-refractivity contribution in [2.45, 2.75) is 6.54 Å². The first kappa shape index (κ1) is 18.1. The highest BCUT2D eigenvalue weighted by atomic mass is 35.5. The monoisotopic (exact) mass is 400 g/mol. The summed E-state index contributed by atoms with van der Waals surface area (Å²) >= 11 is 6.03. The minimum absolute atomic E-state index is 0.0878. The van der Waals surface area contributed by atoms with Gasteiger partial charge in [-0.1, -0.05) is 17.7 Å². The lowest BCUT2D eigenvalue weighted by molar-refractivity contribution is 0.102. The zero-order valence-corrected chi connectivity index (χ0v) is 15.2. The van der Waals surface area contributed by atoms with Gasteiger partial charge in [0.1, 0.15) is 5.82 Å². The lowest BCUT2D eigenvalue weighted by Gasteiger charge is -2.11. The Kier molecular flexibility index (Phi) is 4.75. The molecule has 0 unspecified atom stereocenters. The molecule has 1 aromatic heterocycles. The van der Waals surface area contributed by atoms with Gasteiger partial charge in [0.2, 0.25) is 6.79 Å². The minimum Gasteiger partial charge on any atom is -0.454 e. The number of aromatic nitrogens is 1. The first-order valence-corrected chi connectivity index (χ1v) is 8.73. The van der Waals surface area contributed by atoms with E-state index in [-0.39, 0.29) is 35.0 Å². The van der Waals surface area contributed by atoms with Gasteiger partial charge in [-0.25, -0.2) is 4.39 Å². The Morgan fingerprint density at radius 1 is 1.14 bits per heavy atom. The molecule has 2 heterocycles. The van der Waals surface area contributed by atoms with Gasteiger partial charge in [0.15, 0.2) is 11.5 Å². The van der Waals surface area contributed by atoms with Crippen LogP contribution < -0.4 is 20.3 Å². The van der Waals surface area contributed by atoms with Crippen LogP contribution in [0.25, 0.3) is 0 Å². The Morgan fingerprint density at radius 3 is 2.79 bits per heavy atom. The fourth-order valence-corrected chi connectivity index (χ4v) is 3.04. The van der Waals surface area contributed by atoms with E-state index in [9.17, 15) is 14.0 Å². The minimum atomic E-state index is -0.519. The van der Waals surface area contributed by atoms with Crippen molar-refractivity contribution in [3.8, 4) is 11.5 Å². The van der Waals surface area contributed by atoms with Crippen molar-refractivity contribution in [3.63, 3.8) is 0 Å². The zero-order valence-electron chi connectivity index (χ0n) is 14.4. The molecule has 0 fully saturated rings. The highest BCUT2D eigenvalue weighted by molar-refractivity contribution is 6.31. The van der Waals surface area contributed by atoms with E-state index < -0.39 is 11.7 Å². The molecule has 1 aliphatic rings. The highest BCUT2D eigenvalue weighted by Gasteiger charge is 2.16. The Labute approximate surface area is 164 Å². The summed E-state index contributed by atoms with van der Waals surface area (Å²) in [6, 6.07) is 12.0. The summed E-state index contributed by atoms with van der Waals surface area (Å²) in [5.74, 6) is 0.201. The second-order valence-corrected chi connectivity index (χ2v) is 6.51. The van der Waals surface area contributed by atoms with Crippen LogP contribution in [0, 0.1) is 5.82 Å². The predicted octanol–water partition coefficient (Wildman–Crippen LogP) is 3.67. The van der Waals surface area contributed by atoms with E-state index in [1.165, 1.54) is 35.0 Å². The number of halogens is 2. The van der Waals surface area contributed by atoms with Gasteiger partial charge in [0.05, 0.1) is 12.1 Å². The third-order valence-corrected chi connectivity index (χ3v) is 4.62. The number of nitrogens with zero attached hydrogens (tertiary/aromatic N) is 1. The first-order valence-electron chi connectivity index (χ1n) is 8.35. The summed E-state index contributed by atoms with van der Waals surface area (Å²) in [6.45, 7) is 0.0474. The summed E-state index contributed by atoms with van der Waals surface area (Å²) in [6.07, 6.45) is 1.37. The second kappa shape index (κ2) is 7.36. The number of carbonyl (C=O) groups is 1. The molecule has 28 heavy (non-hydrogen) atoms. The molecule has 142 valence electrons. The molecule has 1 amide bonds. The molecule has 0 spiro atoms.